The number of hydrogen-bond acceptors (Lipinski definition) is 3. The minimum absolute atomic E-state index is 0.477. The molecule has 0 aliphatic rings. The zero-order valence-electron chi connectivity index (χ0n) is 11.8. The number of pyridine rings is 1. The highest BCUT2D eigenvalue weighted by Gasteiger charge is 2.12. The summed E-state index contributed by atoms with van der Waals surface area (Å²) in [5, 5.41) is 0. The molecular weight excluding hydrogens is 248 g/mol. The average Bonchev–Trinajstić information content (AvgIpc) is 2.78. The molecule has 1 aromatic carbocycles. The summed E-state index contributed by atoms with van der Waals surface area (Å²) < 4.78 is 1.90. The van der Waals surface area contributed by atoms with Crippen LogP contribution < -0.4 is 5.73 Å². The monoisotopic (exact) mass is 266 g/mol. The molecule has 0 aliphatic heterocycles. The van der Waals surface area contributed by atoms with Gasteiger partial charge in [-0.2, -0.15) is 0 Å². The third-order valence-corrected chi connectivity index (χ3v) is 3.51. The summed E-state index contributed by atoms with van der Waals surface area (Å²) in [5.74, 6) is 0.477. The van der Waals surface area contributed by atoms with Crippen LogP contribution in [0, 0.1) is 6.92 Å². The van der Waals surface area contributed by atoms with E-state index in [1.165, 1.54) is 5.56 Å². The van der Waals surface area contributed by atoms with Crippen molar-refractivity contribution in [3.8, 4) is 5.69 Å². The highest BCUT2D eigenvalue weighted by atomic mass is 15.2. The van der Waals surface area contributed by atoms with Gasteiger partial charge in [0, 0.05) is 6.20 Å². The molecule has 4 heteroatoms. The van der Waals surface area contributed by atoms with Gasteiger partial charge in [0.1, 0.15) is 5.52 Å². The van der Waals surface area contributed by atoms with E-state index < -0.39 is 0 Å². The Morgan fingerprint density at radius 3 is 2.60 bits per heavy atom. The van der Waals surface area contributed by atoms with Crippen LogP contribution >= 0.6 is 0 Å². The number of anilines is 1. The smallest absolute Gasteiger partial charge is 0.207 e. The van der Waals surface area contributed by atoms with E-state index in [0.717, 1.165) is 35.3 Å². The van der Waals surface area contributed by atoms with Crippen LogP contribution in [0.3, 0.4) is 0 Å². The Bertz CT molecular complexity index is 741. The summed E-state index contributed by atoms with van der Waals surface area (Å²) >= 11 is 0. The van der Waals surface area contributed by atoms with Gasteiger partial charge in [-0.25, -0.2) is 9.97 Å². The van der Waals surface area contributed by atoms with Crippen LogP contribution in [0.2, 0.25) is 0 Å². The minimum atomic E-state index is 0.477. The van der Waals surface area contributed by atoms with Crippen LogP contribution in [-0.2, 0) is 6.42 Å². The lowest BCUT2D eigenvalue weighted by Gasteiger charge is -2.07. The molecule has 3 rings (SSSR count). The van der Waals surface area contributed by atoms with Crippen molar-refractivity contribution < 1.29 is 0 Å². The normalized spacial score (nSPS) is 11.1. The fraction of sp³-hybridized carbons (Fsp3) is 0.250. The van der Waals surface area contributed by atoms with E-state index in [1.54, 1.807) is 6.20 Å². The quantitative estimate of drug-likeness (QED) is 0.791. The van der Waals surface area contributed by atoms with E-state index in [0.29, 0.717) is 5.95 Å². The Balaban J connectivity index is 2.14. The van der Waals surface area contributed by atoms with Gasteiger partial charge in [-0.05, 0) is 42.7 Å². The fourth-order valence-corrected chi connectivity index (χ4v) is 2.47. The van der Waals surface area contributed by atoms with Crippen LogP contribution in [0.1, 0.15) is 24.5 Å². The van der Waals surface area contributed by atoms with E-state index in [9.17, 15) is 0 Å². The Morgan fingerprint density at radius 1 is 1.15 bits per heavy atom. The molecule has 0 saturated carbocycles. The molecule has 3 aromatic rings. The molecular formula is C16H18N4. The van der Waals surface area contributed by atoms with E-state index in [2.05, 4.69) is 41.2 Å². The molecule has 0 unspecified atom stereocenters. The first kappa shape index (κ1) is 12.7. The maximum atomic E-state index is 6.06. The average molecular weight is 266 g/mol. The summed E-state index contributed by atoms with van der Waals surface area (Å²) in [6, 6.07) is 10.4. The lowest BCUT2D eigenvalue weighted by Crippen LogP contribution is -2.01. The molecule has 20 heavy (non-hydrogen) atoms. The number of nitrogens with zero attached hydrogens (tertiary/aromatic N) is 3. The molecule has 0 atom stereocenters. The molecule has 2 heterocycles. The van der Waals surface area contributed by atoms with Crippen LogP contribution in [0.25, 0.3) is 16.9 Å². The van der Waals surface area contributed by atoms with Gasteiger partial charge in [0.05, 0.1) is 5.69 Å². The summed E-state index contributed by atoms with van der Waals surface area (Å²) in [4.78, 5) is 8.84. The Labute approximate surface area is 118 Å². The number of imidazole rings is 1. The first-order valence-electron chi connectivity index (χ1n) is 6.89. The van der Waals surface area contributed by atoms with Crippen molar-refractivity contribution in [3.05, 3.63) is 47.7 Å². The van der Waals surface area contributed by atoms with Gasteiger partial charge >= 0.3 is 0 Å². The summed E-state index contributed by atoms with van der Waals surface area (Å²) in [5.41, 5.74) is 11.2. The molecule has 2 aromatic heterocycles. The van der Waals surface area contributed by atoms with Crippen molar-refractivity contribution in [1.82, 2.24) is 14.5 Å². The molecule has 0 aliphatic carbocycles. The Hall–Kier alpha value is -2.36. The third kappa shape index (κ3) is 2.03. The lowest BCUT2D eigenvalue weighted by molar-refractivity contribution is 0.920. The Morgan fingerprint density at radius 2 is 1.90 bits per heavy atom. The molecule has 4 nitrogen and oxygen atoms in total. The zero-order valence-corrected chi connectivity index (χ0v) is 11.8. The topological polar surface area (TPSA) is 56.7 Å². The van der Waals surface area contributed by atoms with Gasteiger partial charge in [0.2, 0.25) is 5.95 Å². The largest absolute Gasteiger partial charge is 0.369 e. The van der Waals surface area contributed by atoms with Crippen molar-refractivity contribution >= 4 is 17.1 Å². The zero-order chi connectivity index (χ0) is 14.1. The maximum absolute atomic E-state index is 6.06. The van der Waals surface area contributed by atoms with Crippen LogP contribution in [0.4, 0.5) is 5.95 Å². The number of hydrogen-bond donors (Lipinski definition) is 1. The molecule has 102 valence electrons. The van der Waals surface area contributed by atoms with Gasteiger partial charge in [0.15, 0.2) is 5.65 Å². The minimum Gasteiger partial charge on any atom is -0.369 e. The molecule has 0 fully saturated rings. The molecule has 0 spiro atoms. The highest BCUT2D eigenvalue weighted by molar-refractivity contribution is 5.79. The highest BCUT2D eigenvalue weighted by Crippen LogP contribution is 2.23. The summed E-state index contributed by atoms with van der Waals surface area (Å²) in [6.45, 7) is 4.20. The second-order valence-electron chi connectivity index (χ2n) is 5.02. The van der Waals surface area contributed by atoms with Gasteiger partial charge in [0.25, 0.3) is 0 Å². The number of fused-ring (bicyclic) bond motifs is 1. The SMILES string of the molecule is CCCc1ccc(-n2c(N)nc3c(C)ccnc32)cc1. The Kier molecular flexibility index (Phi) is 3.14. The van der Waals surface area contributed by atoms with Gasteiger partial charge < -0.3 is 5.73 Å². The summed E-state index contributed by atoms with van der Waals surface area (Å²) in [7, 11) is 0. The van der Waals surface area contributed by atoms with Crippen LogP contribution in [0.5, 0.6) is 0 Å². The van der Waals surface area contributed by atoms with E-state index >= 15 is 0 Å². The fourth-order valence-electron chi connectivity index (χ4n) is 2.47. The van der Waals surface area contributed by atoms with Crippen molar-refractivity contribution in [3.63, 3.8) is 0 Å². The van der Waals surface area contributed by atoms with E-state index in [-0.39, 0.29) is 0 Å². The second kappa shape index (κ2) is 4.96. The molecule has 2 N–H and O–H groups in total. The van der Waals surface area contributed by atoms with Gasteiger partial charge in [-0.1, -0.05) is 25.5 Å². The van der Waals surface area contributed by atoms with Crippen molar-refractivity contribution in [2.45, 2.75) is 26.7 Å². The van der Waals surface area contributed by atoms with Crippen LogP contribution in [0.15, 0.2) is 36.5 Å². The maximum Gasteiger partial charge on any atom is 0.207 e. The third-order valence-electron chi connectivity index (χ3n) is 3.51. The van der Waals surface area contributed by atoms with Crippen molar-refractivity contribution in [2.24, 2.45) is 0 Å². The molecule has 0 bridgehead atoms. The standard InChI is InChI=1S/C16H18N4/c1-3-4-12-5-7-13(8-6-12)20-15-14(19-16(20)17)11(2)9-10-18-15/h5-10H,3-4H2,1-2H3,(H2,17,19). The predicted octanol–water partition coefficient (Wildman–Crippen LogP) is 3.26. The van der Waals surface area contributed by atoms with E-state index in [1.807, 2.05) is 17.6 Å². The number of aryl methyl sites for hydroxylation is 2. The molecule has 0 amide bonds. The van der Waals surface area contributed by atoms with Gasteiger partial charge in [-0.3, -0.25) is 4.57 Å². The number of rotatable bonds is 3. The first-order chi connectivity index (χ1) is 9.70. The van der Waals surface area contributed by atoms with Crippen molar-refractivity contribution in [1.29, 1.82) is 0 Å². The second-order valence-corrected chi connectivity index (χ2v) is 5.02. The van der Waals surface area contributed by atoms with E-state index in [4.69, 9.17) is 5.73 Å². The predicted molar refractivity (Wildman–Crippen MR) is 82.0 cm³/mol. The van der Waals surface area contributed by atoms with Crippen molar-refractivity contribution in [2.75, 3.05) is 5.73 Å². The van der Waals surface area contributed by atoms with Crippen LogP contribution in [-0.4, -0.2) is 14.5 Å². The summed E-state index contributed by atoms with van der Waals surface area (Å²) in [6.07, 6.45) is 4.04. The number of aromatic nitrogens is 3. The first-order valence-corrected chi connectivity index (χ1v) is 6.89. The molecule has 0 radical (unpaired) electrons. The number of benzene rings is 1. The number of nitrogens with two attached hydrogens (primary N) is 1. The lowest BCUT2D eigenvalue weighted by atomic mass is 10.1. The number of nitrogen functional groups attached to an aromatic ring is 1. The molecule has 0 saturated heterocycles. The van der Waals surface area contributed by atoms with Gasteiger partial charge in [-0.15, -0.1) is 0 Å².